The van der Waals surface area contributed by atoms with E-state index in [0.717, 1.165) is 12.8 Å². The van der Waals surface area contributed by atoms with Gasteiger partial charge in [-0.2, -0.15) is 0 Å². The first-order chi connectivity index (χ1) is 11.5. The van der Waals surface area contributed by atoms with E-state index < -0.39 is 5.97 Å². The van der Waals surface area contributed by atoms with Crippen molar-refractivity contribution in [1.82, 2.24) is 21.3 Å². The molecule has 1 aliphatic rings. The third kappa shape index (κ3) is 9.65. The summed E-state index contributed by atoms with van der Waals surface area (Å²) in [6, 6.07) is -0.249. The van der Waals surface area contributed by atoms with Crippen LogP contribution in [0.2, 0.25) is 0 Å². The molecule has 0 aromatic rings. The van der Waals surface area contributed by atoms with Gasteiger partial charge in [-0.25, -0.2) is 4.79 Å². The number of carbonyl (C=O) groups is 4. The normalized spacial score (nSPS) is 16.3. The third-order valence-corrected chi connectivity index (χ3v) is 3.64. The zero-order valence-electron chi connectivity index (χ0n) is 13.7. The molecule has 4 amide bonds. The van der Waals surface area contributed by atoms with Crippen LogP contribution in [0.15, 0.2) is 0 Å². The minimum absolute atomic E-state index is 0.0224. The van der Waals surface area contributed by atoms with Gasteiger partial charge in [0.25, 0.3) is 0 Å². The first kappa shape index (κ1) is 19.7. The summed E-state index contributed by atoms with van der Waals surface area (Å²) in [7, 11) is 0. The van der Waals surface area contributed by atoms with Crippen LogP contribution in [0.25, 0.3) is 0 Å². The minimum Gasteiger partial charge on any atom is -0.481 e. The number of nitrogens with one attached hydrogen (secondary N) is 4. The highest BCUT2D eigenvalue weighted by Crippen LogP contribution is 2.06. The first-order valence-corrected chi connectivity index (χ1v) is 8.24. The topological polar surface area (TPSA) is 137 Å². The Kier molecular flexibility index (Phi) is 9.25. The van der Waals surface area contributed by atoms with Crippen LogP contribution in [0.5, 0.6) is 0 Å². The van der Waals surface area contributed by atoms with E-state index in [0.29, 0.717) is 38.9 Å². The van der Waals surface area contributed by atoms with Crippen molar-refractivity contribution in [2.45, 2.75) is 38.5 Å². The average Bonchev–Trinajstić information content (AvgIpc) is 2.94. The van der Waals surface area contributed by atoms with Crippen molar-refractivity contribution in [3.8, 4) is 0 Å². The van der Waals surface area contributed by atoms with Gasteiger partial charge in [-0.1, -0.05) is 6.42 Å². The number of carbonyl (C=O) groups excluding carboxylic acids is 3. The van der Waals surface area contributed by atoms with E-state index >= 15 is 0 Å². The van der Waals surface area contributed by atoms with Crippen molar-refractivity contribution in [3.63, 3.8) is 0 Å². The fourth-order valence-electron chi connectivity index (χ4n) is 2.30. The number of urea groups is 1. The van der Waals surface area contributed by atoms with Crippen LogP contribution in [0, 0.1) is 5.92 Å². The molecule has 136 valence electrons. The molecule has 24 heavy (non-hydrogen) atoms. The van der Waals surface area contributed by atoms with E-state index in [1.54, 1.807) is 0 Å². The number of aliphatic carboxylic acids is 1. The fraction of sp³-hybridized carbons (Fsp3) is 0.733. The summed E-state index contributed by atoms with van der Waals surface area (Å²) in [5.41, 5.74) is 0. The smallest absolute Gasteiger partial charge is 0.314 e. The molecule has 1 fully saturated rings. The van der Waals surface area contributed by atoms with Crippen molar-refractivity contribution in [2.24, 2.45) is 5.92 Å². The number of hydrogen-bond donors (Lipinski definition) is 5. The lowest BCUT2D eigenvalue weighted by Gasteiger charge is -2.10. The molecule has 1 aliphatic heterocycles. The molecule has 1 unspecified atom stereocenters. The van der Waals surface area contributed by atoms with Crippen molar-refractivity contribution in [2.75, 3.05) is 26.2 Å². The van der Waals surface area contributed by atoms with Crippen LogP contribution >= 0.6 is 0 Å². The summed E-state index contributed by atoms with van der Waals surface area (Å²) in [6.07, 6.45) is 2.99. The minimum atomic E-state index is -0.935. The molecule has 1 rings (SSSR count). The molecule has 1 atom stereocenters. The molecule has 1 heterocycles. The van der Waals surface area contributed by atoms with Crippen LogP contribution in [0.1, 0.15) is 38.5 Å². The summed E-state index contributed by atoms with van der Waals surface area (Å²) in [4.78, 5) is 44.2. The molecule has 9 heteroatoms. The van der Waals surface area contributed by atoms with Gasteiger partial charge in [0.05, 0.1) is 6.42 Å². The zero-order valence-corrected chi connectivity index (χ0v) is 13.7. The number of amides is 4. The summed E-state index contributed by atoms with van der Waals surface area (Å²) in [5.74, 6) is -0.908. The van der Waals surface area contributed by atoms with Crippen molar-refractivity contribution < 1.29 is 24.3 Å². The monoisotopic (exact) mass is 342 g/mol. The Morgan fingerprint density at radius 1 is 1.04 bits per heavy atom. The summed E-state index contributed by atoms with van der Waals surface area (Å²) < 4.78 is 0. The second-order valence-corrected chi connectivity index (χ2v) is 5.82. The van der Waals surface area contributed by atoms with Gasteiger partial charge < -0.3 is 26.4 Å². The van der Waals surface area contributed by atoms with Crippen molar-refractivity contribution in [3.05, 3.63) is 0 Å². The fourth-order valence-corrected chi connectivity index (χ4v) is 2.30. The maximum Gasteiger partial charge on any atom is 0.314 e. The largest absolute Gasteiger partial charge is 0.481 e. The predicted octanol–water partition coefficient (Wildman–Crippen LogP) is -0.427. The van der Waals surface area contributed by atoms with Gasteiger partial charge in [-0.15, -0.1) is 0 Å². The number of rotatable bonds is 11. The Morgan fingerprint density at radius 3 is 2.50 bits per heavy atom. The Bertz CT molecular complexity index is 455. The van der Waals surface area contributed by atoms with E-state index in [9.17, 15) is 19.2 Å². The second-order valence-electron chi connectivity index (χ2n) is 5.82. The van der Waals surface area contributed by atoms with Crippen molar-refractivity contribution in [1.29, 1.82) is 0 Å². The number of unbranched alkanes of at least 4 members (excludes halogenated alkanes) is 2. The SMILES string of the molecule is O=C(O)CCNC(=O)CCCCCNC(=O)NCC1CNC(=O)C1. The standard InChI is InChI=1S/C15H26N4O5/c20-12(16-7-5-14(22)23)4-2-1-3-6-17-15(24)19-10-11-8-13(21)18-9-11/h11H,1-10H2,(H,16,20)(H,18,21)(H,22,23)(H2,17,19,24). The lowest BCUT2D eigenvalue weighted by molar-refractivity contribution is -0.137. The summed E-state index contributed by atoms with van der Waals surface area (Å²) in [6.45, 7) is 1.75. The van der Waals surface area contributed by atoms with Gasteiger partial charge in [-0.05, 0) is 12.8 Å². The van der Waals surface area contributed by atoms with Crippen LogP contribution in [-0.2, 0) is 14.4 Å². The lowest BCUT2D eigenvalue weighted by Crippen LogP contribution is -2.39. The molecule has 0 saturated carbocycles. The molecule has 0 spiro atoms. The average molecular weight is 342 g/mol. The maximum atomic E-state index is 11.6. The van der Waals surface area contributed by atoms with E-state index in [4.69, 9.17) is 5.11 Å². The molecular formula is C15H26N4O5. The Balaban J connectivity index is 1.90. The number of carboxylic acid groups (broad SMARTS) is 1. The highest BCUT2D eigenvalue weighted by molar-refractivity contribution is 5.78. The first-order valence-electron chi connectivity index (χ1n) is 8.24. The summed E-state index contributed by atoms with van der Waals surface area (Å²) >= 11 is 0. The Hall–Kier alpha value is -2.32. The molecule has 0 radical (unpaired) electrons. The van der Waals surface area contributed by atoms with Gasteiger partial charge in [0.2, 0.25) is 11.8 Å². The molecule has 0 aromatic carbocycles. The van der Waals surface area contributed by atoms with Gasteiger partial charge in [-0.3, -0.25) is 14.4 Å². The van der Waals surface area contributed by atoms with E-state index in [1.807, 2.05) is 0 Å². The second kappa shape index (κ2) is 11.3. The van der Waals surface area contributed by atoms with E-state index in [2.05, 4.69) is 21.3 Å². The number of hydrogen-bond acceptors (Lipinski definition) is 4. The van der Waals surface area contributed by atoms with Gasteiger partial charge in [0.1, 0.15) is 0 Å². The van der Waals surface area contributed by atoms with Gasteiger partial charge >= 0.3 is 12.0 Å². The highest BCUT2D eigenvalue weighted by atomic mass is 16.4. The molecule has 0 bridgehead atoms. The Morgan fingerprint density at radius 2 is 1.83 bits per heavy atom. The quantitative estimate of drug-likeness (QED) is 0.325. The van der Waals surface area contributed by atoms with Crippen LogP contribution in [0.4, 0.5) is 4.79 Å². The van der Waals surface area contributed by atoms with Crippen LogP contribution < -0.4 is 21.3 Å². The number of carboxylic acids is 1. The zero-order chi connectivity index (χ0) is 17.8. The molecule has 5 N–H and O–H groups in total. The Labute approximate surface area is 140 Å². The molecule has 9 nitrogen and oxygen atoms in total. The summed E-state index contributed by atoms with van der Waals surface area (Å²) in [5, 5.41) is 19.2. The maximum absolute atomic E-state index is 11.6. The van der Waals surface area contributed by atoms with Crippen LogP contribution in [0.3, 0.4) is 0 Å². The molecule has 1 saturated heterocycles. The van der Waals surface area contributed by atoms with E-state index in [-0.39, 0.29) is 36.7 Å². The third-order valence-electron chi connectivity index (χ3n) is 3.64. The lowest BCUT2D eigenvalue weighted by atomic mass is 10.1. The van der Waals surface area contributed by atoms with Gasteiger partial charge in [0.15, 0.2) is 0 Å². The molecular weight excluding hydrogens is 316 g/mol. The predicted molar refractivity (Wildman–Crippen MR) is 86.2 cm³/mol. The van der Waals surface area contributed by atoms with E-state index in [1.165, 1.54) is 0 Å². The van der Waals surface area contributed by atoms with Gasteiger partial charge in [0, 0.05) is 44.9 Å². The van der Waals surface area contributed by atoms with Crippen LogP contribution in [-0.4, -0.2) is 55.1 Å². The molecule has 0 aromatic heterocycles. The molecule has 0 aliphatic carbocycles. The highest BCUT2D eigenvalue weighted by Gasteiger charge is 2.21. The van der Waals surface area contributed by atoms with Crippen molar-refractivity contribution >= 4 is 23.8 Å².